The van der Waals surface area contributed by atoms with Gasteiger partial charge in [0.05, 0.1) is 13.2 Å². The summed E-state index contributed by atoms with van der Waals surface area (Å²) in [7, 11) is 3.80. The van der Waals surface area contributed by atoms with Gasteiger partial charge in [-0.15, -0.1) is 24.0 Å². The first-order valence-electron chi connectivity index (χ1n) is 8.09. The molecule has 2 N–H and O–H groups in total. The largest absolute Gasteiger partial charge is 0.383 e. The van der Waals surface area contributed by atoms with Gasteiger partial charge in [-0.05, 0) is 38.1 Å². The van der Waals surface area contributed by atoms with Gasteiger partial charge in [0, 0.05) is 38.3 Å². The number of methoxy groups -OCH3 is 1. The summed E-state index contributed by atoms with van der Waals surface area (Å²) < 4.78 is 5.07. The quantitative estimate of drug-likeness (QED) is 0.315. The molecule has 0 saturated carbocycles. The molecule has 0 aliphatic rings. The van der Waals surface area contributed by atoms with Crippen molar-refractivity contribution in [3.05, 3.63) is 34.9 Å². The highest BCUT2D eigenvalue weighted by Gasteiger charge is 2.00. The Bertz CT molecular complexity index is 456. The minimum absolute atomic E-state index is 0. The van der Waals surface area contributed by atoms with Crippen molar-refractivity contribution in [1.29, 1.82) is 0 Å². The predicted molar refractivity (Wildman–Crippen MR) is 114 cm³/mol. The third kappa shape index (κ3) is 11.1. The molecule has 0 unspecified atom stereocenters. The van der Waals surface area contributed by atoms with Crippen LogP contribution in [0.3, 0.4) is 0 Å². The number of likely N-dealkylation sites (N-methyl/N-ethyl adjacent to an activating group) is 1. The number of rotatable bonds is 10. The van der Waals surface area contributed by atoms with Crippen LogP contribution in [0.4, 0.5) is 0 Å². The average molecular weight is 469 g/mol. The van der Waals surface area contributed by atoms with E-state index in [0.29, 0.717) is 0 Å². The van der Waals surface area contributed by atoms with Crippen LogP contribution in [0.2, 0.25) is 5.02 Å². The molecule has 1 aromatic rings. The molecule has 0 bridgehead atoms. The Morgan fingerprint density at radius 2 is 1.92 bits per heavy atom. The normalized spacial score (nSPS) is 11.3. The molecule has 138 valence electrons. The van der Waals surface area contributed by atoms with Gasteiger partial charge in [-0.25, -0.2) is 0 Å². The molecule has 0 fully saturated rings. The fraction of sp³-hybridized carbons (Fsp3) is 0.588. The van der Waals surface area contributed by atoms with E-state index in [2.05, 4.69) is 46.6 Å². The summed E-state index contributed by atoms with van der Waals surface area (Å²) in [6, 6.07) is 7.95. The van der Waals surface area contributed by atoms with Gasteiger partial charge in [-0.3, -0.25) is 4.99 Å². The van der Waals surface area contributed by atoms with E-state index < -0.39 is 0 Å². The first-order valence-corrected chi connectivity index (χ1v) is 8.47. The number of halogens is 2. The molecule has 0 saturated heterocycles. The van der Waals surface area contributed by atoms with Gasteiger partial charge in [0.15, 0.2) is 5.96 Å². The SMILES string of the molecule is CCNC(=NCCN(C)CCOC)NCCc1ccc(Cl)cc1.I. The van der Waals surface area contributed by atoms with Gasteiger partial charge in [-0.1, -0.05) is 23.7 Å². The molecule has 5 nitrogen and oxygen atoms in total. The second-order valence-electron chi connectivity index (χ2n) is 5.36. The molecule has 1 rings (SSSR count). The summed E-state index contributed by atoms with van der Waals surface area (Å²) in [5.74, 6) is 0.863. The molecule has 1 aromatic carbocycles. The average Bonchev–Trinajstić information content (AvgIpc) is 2.54. The topological polar surface area (TPSA) is 48.9 Å². The van der Waals surface area contributed by atoms with E-state index in [1.54, 1.807) is 7.11 Å². The monoisotopic (exact) mass is 468 g/mol. The lowest BCUT2D eigenvalue weighted by molar-refractivity contribution is 0.163. The van der Waals surface area contributed by atoms with E-state index in [1.807, 2.05) is 12.1 Å². The second kappa shape index (κ2) is 14.7. The zero-order chi connectivity index (χ0) is 16.9. The van der Waals surface area contributed by atoms with Gasteiger partial charge < -0.3 is 20.3 Å². The molecule has 0 spiro atoms. The van der Waals surface area contributed by atoms with Crippen molar-refractivity contribution in [3.63, 3.8) is 0 Å². The third-order valence-corrected chi connectivity index (χ3v) is 3.64. The summed E-state index contributed by atoms with van der Waals surface area (Å²) in [4.78, 5) is 6.81. The number of nitrogens with zero attached hydrogens (tertiary/aromatic N) is 2. The van der Waals surface area contributed by atoms with Gasteiger partial charge in [0.1, 0.15) is 0 Å². The zero-order valence-electron chi connectivity index (χ0n) is 14.8. The third-order valence-electron chi connectivity index (χ3n) is 3.39. The highest BCUT2D eigenvalue weighted by Crippen LogP contribution is 2.09. The van der Waals surface area contributed by atoms with Crippen LogP contribution >= 0.6 is 35.6 Å². The van der Waals surface area contributed by atoms with E-state index in [-0.39, 0.29) is 24.0 Å². The van der Waals surface area contributed by atoms with Crippen molar-refractivity contribution in [2.75, 3.05) is 53.5 Å². The number of aliphatic imine (C=N–C) groups is 1. The first kappa shape index (κ1) is 23.4. The lowest BCUT2D eigenvalue weighted by Crippen LogP contribution is -2.39. The van der Waals surface area contributed by atoms with Crippen LogP contribution < -0.4 is 10.6 Å². The van der Waals surface area contributed by atoms with Gasteiger partial charge in [-0.2, -0.15) is 0 Å². The van der Waals surface area contributed by atoms with Crippen molar-refractivity contribution < 1.29 is 4.74 Å². The molecule has 0 aliphatic carbocycles. The molecule has 0 heterocycles. The van der Waals surface area contributed by atoms with E-state index in [1.165, 1.54) is 5.56 Å². The molecular weight excluding hydrogens is 439 g/mol. The first-order chi connectivity index (χ1) is 11.2. The maximum Gasteiger partial charge on any atom is 0.191 e. The zero-order valence-corrected chi connectivity index (χ0v) is 17.9. The van der Waals surface area contributed by atoms with E-state index >= 15 is 0 Å². The van der Waals surface area contributed by atoms with Crippen LogP contribution in [0.5, 0.6) is 0 Å². The van der Waals surface area contributed by atoms with Crippen molar-refractivity contribution in [1.82, 2.24) is 15.5 Å². The Kier molecular flexibility index (Phi) is 14.4. The molecule has 0 aromatic heterocycles. The Hall–Kier alpha value is -0.570. The number of benzene rings is 1. The number of guanidine groups is 1. The molecule has 0 radical (unpaired) electrons. The molecular formula is C17H30ClIN4O. The standard InChI is InChI=1S/C17H29ClN4O.HI/c1-4-19-17(21-11-12-22(2)13-14-23-3)20-10-9-15-5-7-16(18)8-6-15;/h5-8H,4,9-14H2,1-3H3,(H2,19,20,21);1H. The Morgan fingerprint density at radius 3 is 2.54 bits per heavy atom. The Morgan fingerprint density at radius 1 is 1.21 bits per heavy atom. The molecule has 0 atom stereocenters. The molecule has 24 heavy (non-hydrogen) atoms. The summed E-state index contributed by atoms with van der Waals surface area (Å²) in [5.41, 5.74) is 1.26. The Balaban J connectivity index is 0.00000529. The number of hydrogen-bond donors (Lipinski definition) is 2. The molecule has 0 amide bonds. The molecule has 7 heteroatoms. The highest BCUT2D eigenvalue weighted by atomic mass is 127. The number of ether oxygens (including phenoxy) is 1. The van der Waals surface area contributed by atoms with Crippen LogP contribution in [0, 0.1) is 0 Å². The lowest BCUT2D eigenvalue weighted by atomic mass is 10.1. The summed E-state index contributed by atoms with van der Waals surface area (Å²) >= 11 is 5.90. The van der Waals surface area contributed by atoms with Crippen LogP contribution in [0.15, 0.2) is 29.3 Å². The van der Waals surface area contributed by atoms with Crippen molar-refractivity contribution >= 4 is 41.5 Å². The van der Waals surface area contributed by atoms with Crippen LogP contribution in [-0.4, -0.2) is 64.3 Å². The number of hydrogen-bond acceptors (Lipinski definition) is 3. The maximum absolute atomic E-state index is 5.90. The van der Waals surface area contributed by atoms with Crippen molar-refractivity contribution in [2.24, 2.45) is 4.99 Å². The summed E-state index contributed by atoms with van der Waals surface area (Å²) in [6.45, 7) is 7.11. The number of nitrogens with one attached hydrogen (secondary N) is 2. The summed E-state index contributed by atoms with van der Waals surface area (Å²) in [5, 5.41) is 7.41. The van der Waals surface area contributed by atoms with E-state index in [0.717, 1.165) is 56.7 Å². The van der Waals surface area contributed by atoms with E-state index in [9.17, 15) is 0 Å². The minimum Gasteiger partial charge on any atom is -0.383 e. The second-order valence-corrected chi connectivity index (χ2v) is 5.80. The van der Waals surface area contributed by atoms with Crippen LogP contribution in [0.1, 0.15) is 12.5 Å². The van der Waals surface area contributed by atoms with Crippen LogP contribution in [0.25, 0.3) is 0 Å². The maximum atomic E-state index is 5.90. The van der Waals surface area contributed by atoms with Gasteiger partial charge in [0.2, 0.25) is 0 Å². The fourth-order valence-electron chi connectivity index (χ4n) is 2.01. The molecule has 0 aliphatic heterocycles. The highest BCUT2D eigenvalue weighted by molar-refractivity contribution is 14.0. The van der Waals surface area contributed by atoms with E-state index in [4.69, 9.17) is 16.3 Å². The van der Waals surface area contributed by atoms with Gasteiger partial charge >= 0.3 is 0 Å². The van der Waals surface area contributed by atoms with Crippen LogP contribution in [-0.2, 0) is 11.2 Å². The van der Waals surface area contributed by atoms with Crippen molar-refractivity contribution in [2.45, 2.75) is 13.3 Å². The minimum atomic E-state index is 0. The smallest absolute Gasteiger partial charge is 0.191 e. The van der Waals surface area contributed by atoms with Crippen molar-refractivity contribution in [3.8, 4) is 0 Å². The predicted octanol–water partition coefficient (Wildman–Crippen LogP) is 2.63. The fourth-order valence-corrected chi connectivity index (χ4v) is 2.14. The Labute approximate surface area is 168 Å². The lowest BCUT2D eigenvalue weighted by Gasteiger charge is -2.15. The summed E-state index contributed by atoms with van der Waals surface area (Å²) in [6.07, 6.45) is 0.940. The van der Waals surface area contributed by atoms with Gasteiger partial charge in [0.25, 0.3) is 0 Å².